The van der Waals surface area contributed by atoms with Crippen LogP contribution in [0.15, 0.2) is 47.8 Å². The summed E-state index contributed by atoms with van der Waals surface area (Å²) in [6.07, 6.45) is 0. The first kappa shape index (κ1) is 14.8. The van der Waals surface area contributed by atoms with E-state index in [-0.39, 0.29) is 5.56 Å². The number of carboxylic acids is 1. The van der Waals surface area contributed by atoms with Gasteiger partial charge < -0.3 is 5.11 Å². The molecule has 0 atom stereocenters. The molecule has 0 saturated heterocycles. The highest BCUT2D eigenvalue weighted by molar-refractivity contribution is 7.13. The Kier molecular flexibility index (Phi) is 3.96. The van der Waals surface area contributed by atoms with Crippen molar-refractivity contribution in [1.29, 1.82) is 0 Å². The molecule has 3 aromatic rings. The quantitative estimate of drug-likeness (QED) is 0.724. The van der Waals surface area contributed by atoms with E-state index in [0.717, 1.165) is 27.4 Å². The molecule has 0 aliphatic heterocycles. The number of halogens is 1. The van der Waals surface area contributed by atoms with Crippen LogP contribution < -0.4 is 0 Å². The van der Waals surface area contributed by atoms with E-state index < -0.39 is 5.97 Å². The fraction of sp³-hybridized carbons (Fsp3) is 0.0588. The molecule has 110 valence electrons. The van der Waals surface area contributed by atoms with Gasteiger partial charge in [0.25, 0.3) is 0 Å². The lowest BCUT2D eigenvalue weighted by Gasteiger charge is -2.01. The Bertz CT molecular complexity index is 857. The van der Waals surface area contributed by atoms with E-state index in [9.17, 15) is 4.79 Å². The van der Waals surface area contributed by atoms with Gasteiger partial charge in [0, 0.05) is 21.5 Å². The Hall–Kier alpha value is -2.17. The molecule has 0 unspecified atom stereocenters. The minimum atomic E-state index is -0.941. The number of hydrogen-bond acceptors (Lipinski definition) is 3. The summed E-state index contributed by atoms with van der Waals surface area (Å²) in [7, 11) is 0. The lowest BCUT2D eigenvalue weighted by Crippen LogP contribution is -1.95. The molecular formula is C17H12ClNO2S. The van der Waals surface area contributed by atoms with Crippen LogP contribution in [0.1, 0.15) is 15.9 Å². The molecule has 22 heavy (non-hydrogen) atoms. The Morgan fingerprint density at radius 1 is 1.18 bits per heavy atom. The summed E-state index contributed by atoms with van der Waals surface area (Å²) in [6, 6.07) is 12.6. The number of carbonyl (C=O) groups is 1. The Morgan fingerprint density at radius 3 is 2.73 bits per heavy atom. The maximum atomic E-state index is 11.0. The summed E-state index contributed by atoms with van der Waals surface area (Å²) in [4.78, 5) is 15.6. The maximum Gasteiger partial charge on any atom is 0.335 e. The summed E-state index contributed by atoms with van der Waals surface area (Å²) in [5.74, 6) is -0.941. The zero-order valence-electron chi connectivity index (χ0n) is 11.7. The smallest absolute Gasteiger partial charge is 0.335 e. The SMILES string of the molecule is Cc1ccc(-c2csc(-c3cccc(C(=O)O)c3)n2)cc1Cl. The highest BCUT2D eigenvalue weighted by Gasteiger charge is 2.10. The molecule has 5 heteroatoms. The molecule has 0 aliphatic carbocycles. The average Bonchev–Trinajstić information content (AvgIpc) is 3.00. The third-order valence-corrected chi connectivity index (χ3v) is 4.63. The van der Waals surface area contributed by atoms with Gasteiger partial charge in [0.2, 0.25) is 0 Å². The lowest BCUT2D eigenvalue weighted by atomic mass is 10.1. The van der Waals surface area contributed by atoms with Gasteiger partial charge >= 0.3 is 5.97 Å². The molecule has 0 saturated carbocycles. The fourth-order valence-corrected chi connectivity index (χ4v) is 3.08. The van der Waals surface area contributed by atoms with Crippen LogP contribution in [-0.4, -0.2) is 16.1 Å². The largest absolute Gasteiger partial charge is 0.478 e. The van der Waals surface area contributed by atoms with Gasteiger partial charge in [-0.1, -0.05) is 35.9 Å². The van der Waals surface area contributed by atoms with Crippen LogP contribution in [0.25, 0.3) is 21.8 Å². The Balaban J connectivity index is 1.98. The zero-order valence-corrected chi connectivity index (χ0v) is 13.3. The number of hydrogen-bond donors (Lipinski definition) is 1. The number of aryl methyl sites for hydroxylation is 1. The molecule has 0 bridgehead atoms. The van der Waals surface area contributed by atoms with Crippen molar-refractivity contribution >= 4 is 28.9 Å². The average molecular weight is 330 g/mol. The minimum absolute atomic E-state index is 0.257. The van der Waals surface area contributed by atoms with Crippen molar-refractivity contribution in [1.82, 2.24) is 4.98 Å². The first-order chi connectivity index (χ1) is 10.5. The van der Waals surface area contributed by atoms with Crippen LogP contribution in [0, 0.1) is 6.92 Å². The van der Waals surface area contributed by atoms with Crippen molar-refractivity contribution in [3.8, 4) is 21.8 Å². The van der Waals surface area contributed by atoms with E-state index in [2.05, 4.69) is 4.98 Å². The fourth-order valence-electron chi connectivity index (χ4n) is 2.08. The van der Waals surface area contributed by atoms with Gasteiger partial charge in [-0.25, -0.2) is 9.78 Å². The maximum absolute atomic E-state index is 11.0. The molecular weight excluding hydrogens is 318 g/mol. The summed E-state index contributed by atoms with van der Waals surface area (Å²) in [5, 5.41) is 12.5. The highest BCUT2D eigenvalue weighted by Crippen LogP contribution is 2.31. The van der Waals surface area contributed by atoms with Crippen LogP contribution in [0.4, 0.5) is 0 Å². The lowest BCUT2D eigenvalue weighted by molar-refractivity contribution is 0.0697. The van der Waals surface area contributed by atoms with Crippen LogP contribution in [-0.2, 0) is 0 Å². The van der Waals surface area contributed by atoms with E-state index in [1.54, 1.807) is 18.2 Å². The van der Waals surface area contributed by atoms with E-state index in [4.69, 9.17) is 16.7 Å². The van der Waals surface area contributed by atoms with Crippen molar-refractivity contribution in [2.24, 2.45) is 0 Å². The predicted octanol–water partition coefficient (Wildman–Crippen LogP) is 5.14. The zero-order chi connectivity index (χ0) is 15.7. The van der Waals surface area contributed by atoms with Gasteiger partial charge in [0.15, 0.2) is 0 Å². The minimum Gasteiger partial charge on any atom is -0.478 e. The second kappa shape index (κ2) is 5.91. The van der Waals surface area contributed by atoms with Gasteiger partial charge in [0.05, 0.1) is 11.3 Å². The van der Waals surface area contributed by atoms with Crippen molar-refractivity contribution < 1.29 is 9.90 Å². The van der Waals surface area contributed by atoms with Crippen molar-refractivity contribution in [3.63, 3.8) is 0 Å². The summed E-state index contributed by atoms with van der Waals surface area (Å²) in [6.45, 7) is 1.95. The second-order valence-corrected chi connectivity index (χ2v) is 6.15. The molecule has 3 rings (SSSR count). The summed E-state index contributed by atoms with van der Waals surface area (Å²) in [5.41, 5.74) is 3.87. The van der Waals surface area contributed by atoms with Crippen molar-refractivity contribution in [3.05, 3.63) is 64.0 Å². The van der Waals surface area contributed by atoms with Crippen LogP contribution >= 0.6 is 22.9 Å². The molecule has 3 nitrogen and oxygen atoms in total. The number of rotatable bonds is 3. The van der Waals surface area contributed by atoms with E-state index >= 15 is 0 Å². The monoisotopic (exact) mass is 329 g/mol. The Labute approximate surface area is 136 Å². The first-order valence-electron chi connectivity index (χ1n) is 6.60. The first-order valence-corrected chi connectivity index (χ1v) is 7.86. The molecule has 1 heterocycles. The highest BCUT2D eigenvalue weighted by atomic mass is 35.5. The molecule has 1 N–H and O–H groups in total. The van der Waals surface area contributed by atoms with Gasteiger partial charge in [-0.05, 0) is 30.7 Å². The topological polar surface area (TPSA) is 50.2 Å². The normalized spacial score (nSPS) is 10.6. The standard InChI is InChI=1S/C17H12ClNO2S/c1-10-5-6-11(8-14(10)18)15-9-22-16(19-15)12-3-2-4-13(7-12)17(20)21/h2-9H,1H3,(H,20,21). The molecule has 2 aromatic carbocycles. The van der Waals surface area contributed by atoms with Gasteiger partial charge in [-0.2, -0.15) is 0 Å². The summed E-state index contributed by atoms with van der Waals surface area (Å²) < 4.78 is 0. The summed E-state index contributed by atoms with van der Waals surface area (Å²) >= 11 is 7.63. The number of nitrogens with zero attached hydrogens (tertiary/aromatic N) is 1. The molecule has 0 amide bonds. The third kappa shape index (κ3) is 2.89. The van der Waals surface area contributed by atoms with E-state index in [1.165, 1.54) is 11.3 Å². The predicted molar refractivity (Wildman–Crippen MR) is 89.7 cm³/mol. The van der Waals surface area contributed by atoms with Gasteiger partial charge in [-0.3, -0.25) is 0 Å². The number of aromatic carboxylic acids is 1. The number of benzene rings is 2. The van der Waals surface area contributed by atoms with Gasteiger partial charge in [-0.15, -0.1) is 11.3 Å². The molecule has 0 fully saturated rings. The number of carboxylic acid groups (broad SMARTS) is 1. The van der Waals surface area contributed by atoms with Crippen LogP contribution in [0.3, 0.4) is 0 Å². The molecule has 1 aromatic heterocycles. The van der Waals surface area contributed by atoms with Crippen LogP contribution in [0.5, 0.6) is 0 Å². The van der Waals surface area contributed by atoms with Crippen molar-refractivity contribution in [2.75, 3.05) is 0 Å². The van der Waals surface area contributed by atoms with Crippen LogP contribution in [0.2, 0.25) is 5.02 Å². The number of aromatic nitrogens is 1. The van der Waals surface area contributed by atoms with E-state index in [1.807, 2.05) is 36.6 Å². The number of thiazole rings is 1. The van der Waals surface area contributed by atoms with Gasteiger partial charge in [0.1, 0.15) is 5.01 Å². The van der Waals surface area contributed by atoms with E-state index in [0.29, 0.717) is 5.02 Å². The second-order valence-electron chi connectivity index (χ2n) is 4.89. The van der Waals surface area contributed by atoms with Crippen molar-refractivity contribution in [2.45, 2.75) is 6.92 Å². The molecule has 0 radical (unpaired) electrons. The Morgan fingerprint density at radius 2 is 2.00 bits per heavy atom. The molecule has 0 aliphatic rings. The third-order valence-electron chi connectivity index (χ3n) is 3.33. The molecule has 0 spiro atoms.